The summed E-state index contributed by atoms with van der Waals surface area (Å²) in [6.07, 6.45) is 0. The molecule has 0 radical (unpaired) electrons. The molecule has 2 aromatic carbocycles. The third-order valence-corrected chi connectivity index (χ3v) is 3.47. The van der Waals surface area contributed by atoms with Crippen LogP contribution in [0.1, 0.15) is 24.1 Å². The first-order valence-corrected chi connectivity index (χ1v) is 6.76. The molecule has 0 aliphatic carbocycles. The Labute approximate surface area is 123 Å². The summed E-state index contributed by atoms with van der Waals surface area (Å²) < 4.78 is 19.3. The van der Waals surface area contributed by atoms with Gasteiger partial charge in [-0.05, 0) is 32.0 Å². The van der Waals surface area contributed by atoms with Crippen LogP contribution in [0.15, 0.2) is 36.4 Å². The fraction of sp³-hybridized carbons (Fsp3) is 0.250. The second-order valence-electron chi connectivity index (χ2n) is 4.71. The average molecular weight is 294 g/mol. The number of hydrogen-bond acceptors (Lipinski definition) is 2. The number of anilines is 1. The molecule has 0 aliphatic rings. The molecular formula is C16H17ClFNO. The summed E-state index contributed by atoms with van der Waals surface area (Å²) in [5, 5.41) is 3.24. The number of methoxy groups -OCH3 is 1. The lowest BCUT2D eigenvalue weighted by molar-refractivity contribution is 0.407. The maximum atomic E-state index is 13.9. The van der Waals surface area contributed by atoms with E-state index in [0.29, 0.717) is 5.69 Å². The Bertz CT molecular complexity index is 615. The van der Waals surface area contributed by atoms with Crippen LogP contribution in [0.2, 0.25) is 5.02 Å². The van der Waals surface area contributed by atoms with Gasteiger partial charge in [-0.15, -0.1) is 0 Å². The van der Waals surface area contributed by atoms with Gasteiger partial charge in [0, 0.05) is 5.56 Å². The summed E-state index contributed by atoms with van der Waals surface area (Å²) in [7, 11) is 1.63. The van der Waals surface area contributed by atoms with Crippen LogP contribution in [0.25, 0.3) is 0 Å². The minimum Gasteiger partial charge on any atom is -0.496 e. The molecule has 0 saturated carbocycles. The Morgan fingerprint density at radius 2 is 2.00 bits per heavy atom. The van der Waals surface area contributed by atoms with Crippen LogP contribution < -0.4 is 10.1 Å². The molecule has 2 rings (SSSR count). The van der Waals surface area contributed by atoms with Gasteiger partial charge < -0.3 is 10.1 Å². The van der Waals surface area contributed by atoms with Gasteiger partial charge in [-0.2, -0.15) is 0 Å². The van der Waals surface area contributed by atoms with Crippen LogP contribution in [-0.4, -0.2) is 7.11 Å². The number of benzene rings is 2. The first kappa shape index (κ1) is 14.7. The minimum absolute atomic E-state index is 0.0992. The van der Waals surface area contributed by atoms with Gasteiger partial charge in [-0.3, -0.25) is 0 Å². The molecule has 0 amide bonds. The fourth-order valence-electron chi connectivity index (χ4n) is 2.12. The van der Waals surface area contributed by atoms with Crippen LogP contribution in [0.4, 0.5) is 10.1 Å². The Balaban J connectivity index is 2.30. The van der Waals surface area contributed by atoms with Crippen molar-refractivity contribution in [1.29, 1.82) is 0 Å². The van der Waals surface area contributed by atoms with E-state index in [1.807, 2.05) is 32.0 Å². The van der Waals surface area contributed by atoms with E-state index in [-0.39, 0.29) is 11.1 Å². The van der Waals surface area contributed by atoms with Crippen molar-refractivity contribution in [3.8, 4) is 5.75 Å². The van der Waals surface area contributed by atoms with Crippen molar-refractivity contribution < 1.29 is 9.13 Å². The summed E-state index contributed by atoms with van der Waals surface area (Å²) in [6, 6.07) is 10.7. The molecule has 4 heteroatoms. The van der Waals surface area contributed by atoms with Crippen LogP contribution in [-0.2, 0) is 0 Å². The van der Waals surface area contributed by atoms with Gasteiger partial charge in [0.05, 0.1) is 23.9 Å². The number of halogens is 2. The van der Waals surface area contributed by atoms with Gasteiger partial charge in [0.25, 0.3) is 0 Å². The van der Waals surface area contributed by atoms with Gasteiger partial charge in [0.1, 0.15) is 5.75 Å². The summed E-state index contributed by atoms with van der Waals surface area (Å²) in [4.78, 5) is 0. The lowest BCUT2D eigenvalue weighted by Crippen LogP contribution is -2.09. The van der Waals surface area contributed by atoms with E-state index in [0.717, 1.165) is 16.9 Å². The second-order valence-corrected chi connectivity index (χ2v) is 5.12. The Morgan fingerprint density at radius 3 is 2.70 bits per heavy atom. The van der Waals surface area contributed by atoms with Gasteiger partial charge in [-0.25, -0.2) is 4.39 Å². The monoisotopic (exact) mass is 293 g/mol. The largest absolute Gasteiger partial charge is 0.496 e. The lowest BCUT2D eigenvalue weighted by atomic mass is 10.0. The lowest BCUT2D eigenvalue weighted by Gasteiger charge is -2.19. The SMILES string of the molecule is COc1ccc(C)cc1C(C)Nc1cccc(Cl)c1F. The summed E-state index contributed by atoms with van der Waals surface area (Å²) in [5.41, 5.74) is 2.49. The van der Waals surface area contributed by atoms with Gasteiger partial charge in [0.2, 0.25) is 0 Å². The van der Waals surface area contributed by atoms with E-state index >= 15 is 0 Å². The Morgan fingerprint density at radius 1 is 1.25 bits per heavy atom. The Hall–Kier alpha value is -1.74. The molecule has 20 heavy (non-hydrogen) atoms. The molecule has 2 aromatic rings. The zero-order valence-corrected chi connectivity index (χ0v) is 12.5. The topological polar surface area (TPSA) is 21.3 Å². The minimum atomic E-state index is -0.437. The maximum absolute atomic E-state index is 13.9. The second kappa shape index (κ2) is 6.14. The van der Waals surface area contributed by atoms with E-state index < -0.39 is 5.82 Å². The van der Waals surface area contributed by atoms with Crippen molar-refractivity contribution in [1.82, 2.24) is 0 Å². The highest BCUT2D eigenvalue weighted by Gasteiger charge is 2.14. The average Bonchev–Trinajstić information content (AvgIpc) is 2.43. The highest BCUT2D eigenvalue weighted by molar-refractivity contribution is 6.31. The molecule has 1 N–H and O–H groups in total. The Kier molecular flexibility index (Phi) is 4.50. The number of rotatable bonds is 4. The maximum Gasteiger partial charge on any atom is 0.164 e. The first-order chi connectivity index (χ1) is 9.52. The molecule has 0 spiro atoms. The van der Waals surface area contributed by atoms with Crippen molar-refractivity contribution in [2.24, 2.45) is 0 Å². The van der Waals surface area contributed by atoms with Crippen LogP contribution in [0.3, 0.4) is 0 Å². The molecule has 0 heterocycles. The zero-order valence-electron chi connectivity index (χ0n) is 11.7. The van der Waals surface area contributed by atoms with Crippen molar-refractivity contribution in [2.45, 2.75) is 19.9 Å². The molecular weight excluding hydrogens is 277 g/mol. The third-order valence-electron chi connectivity index (χ3n) is 3.18. The predicted octanol–water partition coefficient (Wildman–Crippen LogP) is 4.97. The van der Waals surface area contributed by atoms with Crippen molar-refractivity contribution in [3.05, 3.63) is 58.4 Å². The van der Waals surface area contributed by atoms with E-state index in [4.69, 9.17) is 16.3 Å². The van der Waals surface area contributed by atoms with Crippen LogP contribution in [0, 0.1) is 12.7 Å². The molecule has 0 fully saturated rings. The van der Waals surface area contributed by atoms with Crippen molar-refractivity contribution in [2.75, 3.05) is 12.4 Å². The van der Waals surface area contributed by atoms with Crippen LogP contribution in [0.5, 0.6) is 5.75 Å². The number of hydrogen-bond donors (Lipinski definition) is 1. The summed E-state index contributed by atoms with van der Waals surface area (Å²) >= 11 is 5.79. The summed E-state index contributed by atoms with van der Waals surface area (Å²) in [5.74, 6) is 0.339. The number of ether oxygens (including phenoxy) is 1. The summed E-state index contributed by atoms with van der Waals surface area (Å²) in [6.45, 7) is 3.97. The molecule has 0 aliphatic heterocycles. The highest BCUT2D eigenvalue weighted by Crippen LogP contribution is 2.30. The van der Waals surface area contributed by atoms with E-state index in [1.165, 1.54) is 6.07 Å². The van der Waals surface area contributed by atoms with Gasteiger partial charge in [0.15, 0.2) is 5.82 Å². The normalized spacial score (nSPS) is 12.1. The van der Waals surface area contributed by atoms with Crippen molar-refractivity contribution in [3.63, 3.8) is 0 Å². The molecule has 1 atom stereocenters. The van der Waals surface area contributed by atoms with Gasteiger partial charge in [-0.1, -0.05) is 35.4 Å². The van der Waals surface area contributed by atoms with Crippen LogP contribution >= 0.6 is 11.6 Å². The smallest absolute Gasteiger partial charge is 0.164 e. The number of aryl methyl sites for hydroxylation is 1. The van der Waals surface area contributed by atoms with E-state index in [1.54, 1.807) is 19.2 Å². The number of nitrogens with one attached hydrogen (secondary N) is 1. The highest BCUT2D eigenvalue weighted by atomic mass is 35.5. The molecule has 1 unspecified atom stereocenters. The fourth-order valence-corrected chi connectivity index (χ4v) is 2.29. The molecule has 106 valence electrons. The predicted molar refractivity (Wildman–Crippen MR) is 81.2 cm³/mol. The molecule has 2 nitrogen and oxygen atoms in total. The van der Waals surface area contributed by atoms with E-state index in [2.05, 4.69) is 5.32 Å². The van der Waals surface area contributed by atoms with Gasteiger partial charge >= 0.3 is 0 Å². The van der Waals surface area contributed by atoms with Crippen molar-refractivity contribution >= 4 is 17.3 Å². The quantitative estimate of drug-likeness (QED) is 0.859. The molecule has 0 aromatic heterocycles. The third kappa shape index (κ3) is 3.05. The molecule has 0 bridgehead atoms. The zero-order chi connectivity index (χ0) is 14.7. The standard InChI is InChI=1S/C16H17ClFNO/c1-10-7-8-15(20-3)12(9-10)11(2)19-14-6-4-5-13(17)16(14)18/h4-9,11,19H,1-3H3. The molecule has 0 saturated heterocycles. The first-order valence-electron chi connectivity index (χ1n) is 6.38. The van der Waals surface area contributed by atoms with E-state index in [9.17, 15) is 4.39 Å².